The van der Waals surface area contributed by atoms with Crippen LogP contribution in [0.2, 0.25) is 0 Å². The average molecular weight is 282 g/mol. The van der Waals surface area contributed by atoms with Crippen molar-refractivity contribution >= 4 is 12.0 Å². The topological polar surface area (TPSA) is 69.6 Å². The zero-order chi connectivity index (χ0) is 14.8. The molecular weight excluding hydrogens is 256 g/mol. The molecule has 20 heavy (non-hydrogen) atoms. The largest absolute Gasteiger partial charge is 0.480 e. The van der Waals surface area contributed by atoms with Crippen LogP contribution in [0, 0.1) is 5.92 Å². The predicted molar refractivity (Wildman–Crippen MR) is 76.5 cm³/mol. The Balaban J connectivity index is 2.03. The lowest BCUT2D eigenvalue weighted by molar-refractivity contribution is -0.148. The van der Waals surface area contributed by atoms with Crippen molar-refractivity contribution in [2.45, 2.75) is 70.4 Å². The van der Waals surface area contributed by atoms with Gasteiger partial charge in [-0.25, -0.2) is 9.59 Å². The van der Waals surface area contributed by atoms with Gasteiger partial charge in [0.25, 0.3) is 0 Å². The van der Waals surface area contributed by atoms with E-state index in [1.54, 1.807) is 0 Å². The maximum absolute atomic E-state index is 12.5. The Hall–Kier alpha value is -1.26. The molecular formula is C15H26N2O3. The van der Waals surface area contributed by atoms with Gasteiger partial charge in [0, 0.05) is 12.6 Å². The van der Waals surface area contributed by atoms with Crippen LogP contribution in [0.4, 0.5) is 4.79 Å². The molecule has 0 heterocycles. The van der Waals surface area contributed by atoms with Gasteiger partial charge in [-0.3, -0.25) is 0 Å². The molecule has 2 rings (SSSR count). The third-order valence-corrected chi connectivity index (χ3v) is 4.55. The van der Waals surface area contributed by atoms with Gasteiger partial charge in [0.2, 0.25) is 0 Å². The standard InChI is InChI=1S/C15H26N2O3/c1-11(2)10-17(12-6-3-4-7-12)14(20)16-15(13(18)19)8-5-9-15/h11-12H,3-10H2,1-2H3,(H,16,20)(H,18,19). The van der Waals surface area contributed by atoms with Crippen LogP contribution < -0.4 is 5.32 Å². The first kappa shape index (κ1) is 15.1. The monoisotopic (exact) mass is 282 g/mol. The van der Waals surface area contributed by atoms with E-state index in [2.05, 4.69) is 19.2 Å². The molecule has 0 atom stereocenters. The second kappa shape index (κ2) is 6.02. The molecule has 0 unspecified atom stereocenters. The van der Waals surface area contributed by atoms with E-state index in [1.807, 2.05) is 4.90 Å². The normalized spacial score (nSPS) is 21.6. The SMILES string of the molecule is CC(C)CN(C(=O)NC1(C(=O)O)CCC1)C1CCCC1. The lowest BCUT2D eigenvalue weighted by Gasteiger charge is -2.41. The van der Waals surface area contributed by atoms with Gasteiger partial charge >= 0.3 is 12.0 Å². The van der Waals surface area contributed by atoms with Crippen LogP contribution in [0.15, 0.2) is 0 Å². The summed E-state index contributed by atoms with van der Waals surface area (Å²) in [6.45, 7) is 4.88. The molecule has 2 aliphatic carbocycles. The smallest absolute Gasteiger partial charge is 0.329 e. The van der Waals surface area contributed by atoms with Crippen molar-refractivity contribution in [2.24, 2.45) is 5.92 Å². The van der Waals surface area contributed by atoms with Crippen LogP contribution in [-0.4, -0.2) is 40.1 Å². The highest BCUT2D eigenvalue weighted by atomic mass is 16.4. The minimum absolute atomic E-state index is 0.187. The summed E-state index contributed by atoms with van der Waals surface area (Å²) in [5.41, 5.74) is -1.01. The van der Waals surface area contributed by atoms with Crippen molar-refractivity contribution in [3.8, 4) is 0 Å². The number of amides is 2. The molecule has 5 heteroatoms. The van der Waals surface area contributed by atoms with E-state index in [9.17, 15) is 14.7 Å². The summed E-state index contributed by atoms with van der Waals surface area (Å²) in [5.74, 6) is -0.503. The van der Waals surface area contributed by atoms with Crippen molar-refractivity contribution in [1.82, 2.24) is 10.2 Å². The Morgan fingerprint density at radius 3 is 2.25 bits per heavy atom. The molecule has 0 radical (unpaired) electrons. The minimum Gasteiger partial charge on any atom is -0.480 e. The highest BCUT2D eigenvalue weighted by Crippen LogP contribution is 2.33. The summed E-state index contributed by atoms with van der Waals surface area (Å²) in [5, 5.41) is 12.1. The van der Waals surface area contributed by atoms with Crippen molar-refractivity contribution in [2.75, 3.05) is 6.54 Å². The van der Waals surface area contributed by atoms with Gasteiger partial charge < -0.3 is 15.3 Å². The van der Waals surface area contributed by atoms with Gasteiger partial charge in [-0.2, -0.15) is 0 Å². The number of carbonyl (C=O) groups excluding carboxylic acids is 1. The average Bonchev–Trinajstić information content (AvgIpc) is 2.83. The van der Waals surface area contributed by atoms with Crippen LogP contribution in [-0.2, 0) is 4.79 Å². The van der Waals surface area contributed by atoms with E-state index in [4.69, 9.17) is 0 Å². The van der Waals surface area contributed by atoms with E-state index in [0.717, 1.165) is 32.1 Å². The molecule has 2 aliphatic rings. The fourth-order valence-electron chi connectivity index (χ4n) is 3.21. The molecule has 5 nitrogen and oxygen atoms in total. The fraction of sp³-hybridized carbons (Fsp3) is 0.867. The number of nitrogens with one attached hydrogen (secondary N) is 1. The van der Waals surface area contributed by atoms with Gasteiger partial charge in [0.15, 0.2) is 0 Å². The summed E-state index contributed by atoms with van der Waals surface area (Å²) in [7, 11) is 0. The van der Waals surface area contributed by atoms with Crippen molar-refractivity contribution in [3.05, 3.63) is 0 Å². The number of nitrogens with zero attached hydrogens (tertiary/aromatic N) is 1. The molecule has 0 aliphatic heterocycles. The van der Waals surface area contributed by atoms with E-state index in [0.29, 0.717) is 25.3 Å². The fourth-order valence-corrected chi connectivity index (χ4v) is 3.21. The van der Waals surface area contributed by atoms with Crippen LogP contribution in [0.1, 0.15) is 58.8 Å². The Labute approximate surface area is 120 Å². The second-order valence-electron chi connectivity index (χ2n) is 6.66. The number of carboxylic acids is 1. The molecule has 0 bridgehead atoms. The number of aliphatic carboxylic acids is 1. The zero-order valence-electron chi connectivity index (χ0n) is 12.5. The van der Waals surface area contributed by atoms with Gasteiger partial charge in [0.05, 0.1) is 0 Å². The molecule has 0 spiro atoms. The van der Waals surface area contributed by atoms with Gasteiger partial charge in [-0.05, 0) is 38.0 Å². The highest BCUT2D eigenvalue weighted by molar-refractivity contribution is 5.87. The second-order valence-corrected chi connectivity index (χ2v) is 6.66. The summed E-state index contributed by atoms with van der Waals surface area (Å²) >= 11 is 0. The third-order valence-electron chi connectivity index (χ3n) is 4.55. The summed E-state index contributed by atoms with van der Waals surface area (Å²) in [6.07, 6.45) is 6.39. The number of carboxylic acid groups (broad SMARTS) is 1. The van der Waals surface area contributed by atoms with Crippen LogP contribution >= 0.6 is 0 Å². The van der Waals surface area contributed by atoms with Gasteiger partial charge in [-0.1, -0.05) is 26.7 Å². The number of hydrogen-bond donors (Lipinski definition) is 2. The first-order chi connectivity index (χ1) is 9.44. The molecule has 2 N–H and O–H groups in total. The van der Waals surface area contributed by atoms with E-state index in [-0.39, 0.29) is 12.1 Å². The Morgan fingerprint density at radius 1 is 1.25 bits per heavy atom. The van der Waals surface area contributed by atoms with E-state index < -0.39 is 11.5 Å². The quantitative estimate of drug-likeness (QED) is 0.814. The van der Waals surface area contributed by atoms with E-state index in [1.165, 1.54) is 0 Å². The molecule has 0 aromatic heterocycles. The molecule has 2 saturated carbocycles. The van der Waals surface area contributed by atoms with Crippen LogP contribution in [0.3, 0.4) is 0 Å². The third kappa shape index (κ3) is 3.07. The Morgan fingerprint density at radius 2 is 1.85 bits per heavy atom. The maximum Gasteiger partial charge on any atom is 0.329 e. The van der Waals surface area contributed by atoms with Crippen molar-refractivity contribution in [1.29, 1.82) is 0 Å². The molecule has 2 amide bonds. The van der Waals surface area contributed by atoms with Crippen LogP contribution in [0.5, 0.6) is 0 Å². The van der Waals surface area contributed by atoms with Crippen molar-refractivity contribution in [3.63, 3.8) is 0 Å². The number of hydrogen-bond acceptors (Lipinski definition) is 2. The summed E-state index contributed by atoms with van der Waals surface area (Å²) in [4.78, 5) is 25.8. The molecule has 0 aromatic rings. The molecule has 0 aromatic carbocycles. The summed E-state index contributed by atoms with van der Waals surface area (Å²) in [6, 6.07) is 0.0935. The number of carbonyl (C=O) groups is 2. The zero-order valence-corrected chi connectivity index (χ0v) is 12.5. The highest BCUT2D eigenvalue weighted by Gasteiger charge is 2.46. The molecule has 0 saturated heterocycles. The van der Waals surface area contributed by atoms with Crippen molar-refractivity contribution < 1.29 is 14.7 Å². The Kier molecular flexibility index (Phi) is 4.55. The first-order valence-corrected chi connectivity index (χ1v) is 7.77. The van der Waals surface area contributed by atoms with Gasteiger partial charge in [0.1, 0.15) is 5.54 Å². The summed E-state index contributed by atoms with van der Waals surface area (Å²) < 4.78 is 0. The van der Waals surface area contributed by atoms with E-state index >= 15 is 0 Å². The van der Waals surface area contributed by atoms with Crippen LogP contribution in [0.25, 0.3) is 0 Å². The molecule has 2 fully saturated rings. The molecule has 114 valence electrons. The Bertz CT molecular complexity index is 371. The first-order valence-electron chi connectivity index (χ1n) is 7.77. The lowest BCUT2D eigenvalue weighted by atomic mass is 9.77. The maximum atomic E-state index is 12.5. The minimum atomic E-state index is -1.01. The number of urea groups is 1. The lowest BCUT2D eigenvalue weighted by Crippen LogP contribution is -2.62. The van der Waals surface area contributed by atoms with Gasteiger partial charge in [-0.15, -0.1) is 0 Å². The predicted octanol–water partition coefficient (Wildman–Crippen LogP) is 2.60. The number of rotatable bonds is 5.